The standard InChI is InChI=1S/C16H27N3O/c1-12(2)8-17-9-15-6-5-7-18-16(15)19-10-13(3)20-14(4)11-19/h5-7,12-14,17H,8-11H2,1-4H3/t13-,14+. The molecule has 0 radical (unpaired) electrons. The fourth-order valence-electron chi connectivity index (χ4n) is 2.70. The molecule has 112 valence electrons. The zero-order valence-corrected chi connectivity index (χ0v) is 13.1. The fraction of sp³-hybridized carbons (Fsp3) is 0.688. The molecule has 1 aromatic heterocycles. The molecule has 0 aliphatic carbocycles. The molecule has 4 nitrogen and oxygen atoms in total. The average Bonchev–Trinajstić information content (AvgIpc) is 2.37. The molecule has 0 amide bonds. The van der Waals surface area contributed by atoms with Crippen LogP contribution in [0, 0.1) is 5.92 Å². The van der Waals surface area contributed by atoms with E-state index in [1.807, 2.05) is 12.3 Å². The van der Waals surface area contributed by atoms with Gasteiger partial charge >= 0.3 is 0 Å². The highest BCUT2D eigenvalue weighted by Crippen LogP contribution is 2.22. The zero-order valence-electron chi connectivity index (χ0n) is 13.1. The van der Waals surface area contributed by atoms with E-state index in [-0.39, 0.29) is 12.2 Å². The Hall–Kier alpha value is -1.13. The molecule has 1 fully saturated rings. The van der Waals surface area contributed by atoms with Gasteiger partial charge in [0.2, 0.25) is 0 Å². The Morgan fingerprint density at radius 2 is 2.05 bits per heavy atom. The highest BCUT2D eigenvalue weighted by atomic mass is 16.5. The lowest BCUT2D eigenvalue weighted by Crippen LogP contribution is -2.46. The van der Waals surface area contributed by atoms with Gasteiger partial charge in [0.1, 0.15) is 5.82 Å². The number of morpholine rings is 1. The number of nitrogens with one attached hydrogen (secondary N) is 1. The van der Waals surface area contributed by atoms with Crippen molar-refractivity contribution in [2.45, 2.75) is 46.4 Å². The number of pyridine rings is 1. The highest BCUT2D eigenvalue weighted by Gasteiger charge is 2.24. The summed E-state index contributed by atoms with van der Waals surface area (Å²) >= 11 is 0. The molecule has 1 aromatic rings. The van der Waals surface area contributed by atoms with Crippen molar-refractivity contribution in [2.75, 3.05) is 24.5 Å². The highest BCUT2D eigenvalue weighted by molar-refractivity contribution is 5.47. The lowest BCUT2D eigenvalue weighted by atomic mass is 10.1. The van der Waals surface area contributed by atoms with Crippen LogP contribution in [0.2, 0.25) is 0 Å². The van der Waals surface area contributed by atoms with E-state index < -0.39 is 0 Å². The monoisotopic (exact) mass is 277 g/mol. The van der Waals surface area contributed by atoms with Crippen LogP contribution < -0.4 is 10.2 Å². The van der Waals surface area contributed by atoms with Crippen LogP contribution in [0.1, 0.15) is 33.3 Å². The first-order valence-electron chi connectivity index (χ1n) is 7.61. The largest absolute Gasteiger partial charge is 0.372 e. The number of anilines is 1. The second-order valence-electron chi connectivity index (χ2n) is 6.17. The van der Waals surface area contributed by atoms with Gasteiger partial charge in [0.25, 0.3) is 0 Å². The number of hydrogen-bond acceptors (Lipinski definition) is 4. The van der Waals surface area contributed by atoms with Crippen molar-refractivity contribution in [3.05, 3.63) is 23.9 Å². The summed E-state index contributed by atoms with van der Waals surface area (Å²) in [7, 11) is 0. The SMILES string of the molecule is CC(C)CNCc1cccnc1N1C[C@@H](C)O[C@@H](C)C1. The van der Waals surface area contributed by atoms with E-state index in [0.717, 1.165) is 32.0 Å². The lowest BCUT2D eigenvalue weighted by molar-refractivity contribution is -0.00551. The predicted octanol–water partition coefficient (Wildman–Crippen LogP) is 2.44. The van der Waals surface area contributed by atoms with Gasteiger partial charge in [0, 0.05) is 31.4 Å². The average molecular weight is 277 g/mol. The van der Waals surface area contributed by atoms with E-state index in [4.69, 9.17) is 4.74 Å². The van der Waals surface area contributed by atoms with Gasteiger partial charge in [-0.3, -0.25) is 0 Å². The molecular weight excluding hydrogens is 250 g/mol. The first-order chi connectivity index (χ1) is 9.56. The van der Waals surface area contributed by atoms with E-state index >= 15 is 0 Å². The van der Waals surface area contributed by atoms with Crippen LogP contribution in [0.3, 0.4) is 0 Å². The van der Waals surface area contributed by atoms with E-state index in [0.29, 0.717) is 5.92 Å². The minimum absolute atomic E-state index is 0.261. The van der Waals surface area contributed by atoms with Crippen LogP contribution in [0.4, 0.5) is 5.82 Å². The summed E-state index contributed by atoms with van der Waals surface area (Å²) in [5.74, 6) is 1.77. The third-order valence-electron chi connectivity index (χ3n) is 3.45. The predicted molar refractivity (Wildman–Crippen MR) is 83.0 cm³/mol. The maximum Gasteiger partial charge on any atom is 0.133 e. The van der Waals surface area contributed by atoms with Gasteiger partial charge in [-0.05, 0) is 32.4 Å². The van der Waals surface area contributed by atoms with Gasteiger partial charge in [-0.25, -0.2) is 4.98 Å². The van der Waals surface area contributed by atoms with Crippen LogP contribution in [0.25, 0.3) is 0 Å². The molecule has 20 heavy (non-hydrogen) atoms. The number of ether oxygens (including phenoxy) is 1. The molecule has 0 bridgehead atoms. The van der Waals surface area contributed by atoms with E-state index in [1.165, 1.54) is 5.56 Å². The topological polar surface area (TPSA) is 37.4 Å². The van der Waals surface area contributed by atoms with Crippen molar-refractivity contribution < 1.29 is 4.74 Å². The molecule has 2 rings (SSSR count). The van der Waals surface area contributed by atoms with Crippen molar-refractivity contribution in [3.63, 3.8) is 0 Å². The Labute approximate surface area is 122 Å². The maximum atomic E-state index is 5.81. The number of nitrogens with zero attached hydrogens (tertiary/aromatic N) is 2. The van der Waals surface area contributed by atoms with Crippen molar-refractivity contribution in [1.82, 2.24) is 10.3 Å². The Balaban J connectivity index is 2.06. The van der Waals surface area contributed by atoms with Crippen molar-refractivity contribution >= 4 is 5.82 Å². The van der Waals surface area contributed by atoms with E-state index in [9.17, 15) is 0 Å². The molecule has 0 unspecified atom stereocenters. The van der Waals surface area contributed by atoms with Crippen molar-refractivity contribution in [1.29, 1.82) is 0 Å². The Bertz CT molecular complexity index is 412. The summed E-state index contributed by atoms with van der Waals surface area (Å²) in [6, 6.07) is 4.18. The molecule has 1 aliphatic heterocycles. The smallest absolute Gasteiger partial charge is 0.133 e. The molecule has 1 saturated heterocycles. The Morgan fingerprint density at radius 1 is 1.35 bits per heavy atom. The molecule has 0 saturated carbocycles. The molecular formula is C16H27N3O. The summed E-state index contributed by atoms with van der Waals surface area (Å²) in [6.45, 7) is 12.4. The van der Waals surface area contributed by atoms with Crippen LogP contribution in [-0.4, -0.2) is 36.8 Å². The van der Waals surface area contributed by atoms with Crippen LogP contribution in [-0.2, 0) is 11.3 Å². The van der Waals surface area contributed by atoms with Crippen LogP contribution in [0.15, 0.2) is 18.3 Å². The normalized spacial score (nSPS) is 23.4. The van der Waals surface area contributed by atoms with Gasteiger partial charge < -0.3 is 15.0 Å². The second-order valence-corrected chi connectivity index (χ2v) is 6.17. The molecule has 2 heterocycles. The lowest BCUT2D eigenvalue weighted by Gasteiger charge is -2.37. The maximum absolute atomic E-state index is 5.81. The third-order valence-corrected chi connectivity index (χ3v) is 3.45. The fourth-order valence-corrected chi connectivity index (χ4v) is 2.70. The minimum atomic E-state index is 0.261. The van der Waals surface area contributed by atoms with Crippen molar-refractivity contribution in [3.8, 4) is 0 Å². The molecule has 4 heteroatoms. The summed E-state index contributed by atoms with van der Waals surface area (Å²) in [5.41, 5.74) is 1.27. The van der Waals surface area contributed by atoms with Gasteiger partial charge in [0.15, 0.2) is 0 Å². The Kier molecular flexibility index (Phi) is 5.38. The molecule has 1 aliphatic rings. The second kappa shape index (κ2) is 7.04. The Morgan fingerprint density at radius 3 is 2.70 bits per heavy atom. The van der Waals surface area contributed by atoms with Gasteiger partial charge in [-0.2, -0.15) is 0 Å². The number of hydrogen-bond donors (Lipinski definition) is 1. The minimum Gasteiger partial charge on any atom is -0.372 e. The summed E-state index contributed by atoms with van der Waals surface area (Å²) in [4.78, 5) is 6.95. The van der Waals surface area contributed by atoms with Gasteiger partial charge in [-0.1, -0.05) is 19.9 Å². The summed E-state index contributed by atoms with van der Waals surface area (Å²) in [6.07, 6.45) is 2.40. The molecule has 1 N–H and O–H groups in total. The van der Waals surface area contributed by atoms with E-state index in [2.05, 4.69) is 49.0 Å². The molecule has 0 aromatic carbocycles. The summed E-state index contributed by atoms with van der Waals surface area (Å²) < 4.78 is 5.81. The zero-order chi connectivity index (χ0) is 14.5. The third kappa shape index (κ3) is 4.18. The molecule has 2 atom stereocenters. The first-order valence-corrected chi connectivity index (χ1v) is 7.61. The summed E-state index contributed by atoms with van der Waals surface area (Å²) in [5, 5.41) is 3.51. The van der Waals surface area contributed by atoms with Crippen molar-refractivity contribution in [2.24, 2.45) is 5.92 Å². The number of aromatic nitrogens is 1. The molecule has 0 spiro atoms. The quantitative estimate of drug-likeness (QED) is 0.897. The van der Waals surface area contributed by atoms with E-state index in [1.54, 1.807) is 0 Å². The van der Waals surface area contributed by atoms with Crippen LogP contribution in [0.5, 0.6) is 0 Å². The number of rotatable bonds is 5. The van der Waals surface area contributed by atoms with Gasteiger partial charge in [0.05, 0.1) is 12.2 Å². The van der Waals surface area contributed by atoms with Crippen LogP contribution >= 0.6 is 0 Å². The first kappa shape index (κ1) is 15.3. The van der Waals surface area contributed by atoms with Gasteiger partial charge in [-0.15, -0.1) is 0 Å².